The summed E-state index contributed by atoms with van der Waals surface area (Å²) in [5.41, 5.74) is 3.20. The summed E-state index contributed by atoms with van der Waals surface area (Å²) in [6.45, 7) is 13.3. The number of nitro groups is 2. The van der Waals surface area contributed by atoms with Crippen molar-refractivity contribution in [2.75, 3.05) is 36.5 Å². The number of nitro benzene ring substituents is 2. The lowest BCUT2D eigenvalue weighted by Crippen LogP contribution is -2.31. The first-order chi connectivity index (χ1) is 17.8. The van der Waals surface area contributed by atoms with Gasteiger partial charge < -0.3 is 4.90 Å². The highest BCUT2D eigenvalue weighted by molar-refractivity contribution is 7.89. The summed E-state index contributed by atoms with van der Waals surface area (Å²) in [5, 5.41) is 27.2. The van der Waals surface area contributed by atoms with E-state index < -0.39 is 19.9 Å². The van der Waals surface area contributed by atoms with Crippen molar-refractivity contribution in [3.05, 3.63) is 62.2 Å². The summed E-state index contributed by atoms with van der Waals surface area (Å²) >= 11 is 0. The van der Waals surface area contributed by atoms with Crippen LogP contribution < -0.4 is 10.3 Å². The molecule has 0 fully saturated rings. The average molecular weight is 549 g/mol. The van der Waals surface area contributed by atoms with Gasteiger partial charge in [0.25, 0.3) is 11.4 Å². The number of hydrazone groups is 1. The van der Waals surface area contributed by atoms with E-state index in [0.29, 0.717) is 36.2 Å². The molecule has 0 aliphatic heterocycles. The highest BCUT2D eigenvalue weighted by Crippen LogP contribution is 2.31. The third-order valence-electron chi connectivity index (χ3n) is 5.61. The van der Waals surface area contributed by atoms with E-state index >= 15 is 0 Å². The van der Waals surface area contributed by atoms with E-state index in [9.17, 15) is 28.6 Å². The summed E-state index contributed by atoms with van der Waals surface area (Å²) in [6.07, 6.45) is 1.33. The van der Waals surface area contributed by atoms with Gasteiger partial charge in [-0.1, -0.05) is 47.6 Å². The molecule has 208 valence electrons. The molecule has 38 heavy (non-hydrogen) atoms. The van der Waals surface area contributed by atoms with Gasteiger partial charge >= 0.3 is 0 Å². The highest BCUT2D eigenvalue weighted by atomic mass is 32.2. The molecule has 0 heterocycles. The van der Waals surface area contributed by atoms with Gasteiger partial charge in [-0.05, 0) is 24.0 Å². The molecule has 2 rings (SSSR count). The van der Waals surface area contributed by atoms with Crippen LogP contribution in [0.5, 0.6) is 0 Å². The molecule has 0 saturated carbocycles. The van der Waals surface area contributed by atoms with Crippen LogP contribution in [-0.4, -0.2) is 55.0 Å². The Kier molecular flexibility index (Phi) is 10.7. The van der Waals surface area contributed by atoms with Crippen LogP contribution in [0.4, 0.5) is 22.7 Å². The molecule has 2 aromatic carbocycles. The van der Waals surface area contributed by atoms with Gasteiger partial charge in [0, 0.05) is 49.9 Å². The van der Waals surface area contributed by atoms with E-state index in [-0.39, 0.29) is 35.0 Å². The molecule has 0 radical (unpaired) electrons. The van der Waals surface area contributed by atoms with Gasteiger partial charge in [0.1, 0.15) is 10.6 Å². The minimum absolute atomic E-state index is 0.0462. The second-order valence-corrected chi connectivity index (χ2v) is 11.5. The molecule has 0 unspecified atom stereocenters. The lowest BCUT2D eigenvalue weighted by molar-refractivity contribution is -0.385. The van der Waals surface area contributed by atoms with Crippen LogP contribution in [0, 0.1) is 32.1 Å². The van der Waals surface area contributed by atoms with Gasteiger partial charge in [0.2, 0.25) is 10.0 Å². The van der Waals surface area contributed by atoms with Gasteiger partial charge in [-0.15, -0.1) is 0 Å². The van der Waals surface area contributed by atoms with Crippen LogP contribution in [0.15, 0.2) is 46.4 Å². The number of anilines is 2. The number of hydrogen-bond donors (Lipinski definition) is 1. The van der Waals surface area contributed by atoms with Crippen molar-refractivity contribution in [2.24, 2.45) is 16.9 Å². The number of nitrogens with zero attached hydrogens (tertiary/aromatic N) is 5. The standard InChI is InChI=1S/C25H36N6O6S/c1-7-29(8-2)38(36,37)25-14-21(30(32)33)10-11-22(25)27-26-15-20-9-12-23(24(13-20)31(34)35)28(16-18(3)4)17-19(5)6/h9-15,18-19,27H,7-8,16-17H2,1-6H3. The fourth-order valence-electron chi connectivity index (χ4n) is 4.00. The van der Waals surface area contributed by atoms with Crippen LogP contribution in [0.2, 0.25) is 0 Å². The zero-order valence-electron chi connectivity index (χ0n) is 22.6. The lowest BCUT2D eigenvalue weighted by Gasteiger charge is -2.28. The zero-order chi connectivity index (χ0) is 28.6. The molecule has 0 amide bonds. The van der Waals surface area contributed by atoms with Crippen LogP contribution in [0.3, 0.4) is 0 Å². The van der Waals surface area contributed by atoms with Crippen molar-refractivity contribution < 1.29 is 18.3 Å². The second-order valence-electron chi connectivity index (χ2n) is 9.59. The zero-order valence-corrected chi connectivity index (χ0v) is 23.4. The molecule has 12 nitrogen and oxygen atoms in total. The van der Waals surface area contributed by atoms with E-state index in [1.165, 1.54) is 28.7 Å². The van der Waals surface area contributed by atoms with Crippen molar-refractivity contribution in [1.29, 1.82) is 0 Å². The average Bonchev–Trinajstić information content (AvgIpc) is 2.83. The van der Waals surface area contributed by atoms with Crippen molar-refractivity contribution in [3.8, 4) is 0 Å². The first kappa shape index (κ1) is 30.6. The predicted molar refractivity (Wildman–Crippen MR) is 149 cm³/mol. The SMILES string of the molecule is CCN(CC)S(=O)(=O)c1cc([N+](=O)[O-])ccc1NN=Cc1ccc(N(CC(C)C)CC(C)C)c([N+](=O)[O-])c1. The van der Waals surface area contributed by atoms with Crippen molar-refractivity contribution in [2.45, 2.75) is 46.4 Å². The number of rotatable bonds is 14. The topological polar surface area (TPSA) is 151 Å². The summed E-state index contributed by atoms with van der Waals surface area (Å²) in [6, 6.07) is 8.24. The maximum atomic E-state index is 13.1. The van der Waals surface area contributed by atoms with E-state index in [1.807, 2.05) is 4.90 Å². The molecule has 0 aliphatic rings. The van der Waals surface area contributed by atoms with Gasteiger partial charge in [-0.25, -0.2) is 8.42 Å². The van der Waals surface area contributed by atoms with Gasteiger partial charge in [0.05, 0.1) is 21.7 Å². The molecule has 13 heteroatoms. The van der Waals surface area contributed by atoms with Crippen molar-refractivity contribution >= 4 is 39.0 Å². The maximum absolute atomic E-state index is 13.1. The molecule has 0 spiro atoms. The third-order valence-corrected chi connectivity index (χ3v) is 7.70. The maximum Gasteiger partial charge on any atom is 0.293 e. The highest BCUT2D eigenvalue weighted by Gasteiger charge is 2.27. The number of non-ortho nitro benzene ring substituents is 1. The monoisotopic (exact) mass is 548 g/mol. The number of hydrogen-bond acceptors (Lipinski definition) is 9. The fraction of sp³-hybridized carbons (Fsp3) is 0.480. The Hall–Kier alpha value is -3.58. The normalized spacial score (nSPS) is 12.0. The predicted octanol–water partition coefficient (Wildman–Crippen LogP) is 5.10. The van der Waals surface area contributed by atoms with Crippen LogP contribution in [0.1, 0.15) is 47.1 Å². The minimum Gasteiger partial charge on any atom is -0.365 e. The van der Waals surface area contributed by atoms with Crippen LogP contribution in [-0.2, 0) is 10.0 Å². The molecule has 0 saturated heterocycles. The van der Waals surface area contributed by atoms with Gasteiger partial charge in [-0.2, -0.15) is 9.41 Å². The summed E-state index contributed by atoms with van der Waals surface area (Å²) in [4.78, 5) is 23.8. The Morgan fingerprint density at radius 3 is 2.05 bits per heavy atom. The van der Waals surface area contributed by atoms with Crippen molar-refractivity contribution in [1.82, 2.24) is 4.31 Å². The summed E-state index contributed by atoms with van der Waals surface area (Å²) < 4.78 is 27.4. The smallest absolute Gasteiger partial charge is 0.293 e. The number of sulfonamides is 1. The van der Waals surface area contributed by atoms with E-state index in [0.717, 1.165) is 6.07 Å². The van der Waals surface area contributed by atoms with Crippen molar-refractivity contribution in [3.63, 3.8) is 0 Å². The molecule has 0 aromatic heterocycles. The number of nitrogens with one attached hydrogen (secondary N) is 1. The lowest BCUT2D eigenvalue weighted by atomic mass is 10.1. The van der Waals surface area contributed by atoms with Gasteiger partial charge in [-0.3, -0.25) is 25.7 Å². The minimum atomic E-state index is -4.04. The Morgan fingerprint density at radius 1 is 0.947 bits per heavy atom. The van der Waals surface area contributed by atoms with E-state index in [2.05, 4.69) is 38.2 Å². The molecule has 0 atom stereocenters. The summed E-state index contributed by atoms with van der Waals surface area (Å²) in [5.74, 6) is 0.615. The summed E-state index contributed by atoms with van der Waals surface area (Å²) in [7, 11) is -4.04. The fourth-order valence-corrected chi connectivity index (χ4v) is 5.62. The van der Waals surface area contributed by atoms with E-state index in [1.54, 1.807) is 26.0 Å². The Labute approximate surface area is 223 Å². The first-order valence-electron chi connectivity index (χ1n) is 12.4. The second kappa shape index (κ2) is 13.3. The molecule has 0 aliphatic carbocycles. The molecule has 0 bridgehead atoms. The van der Waals surface area contributed by atoms with E-state index in [4.69, 9.17) is 0 Å². The van der Waals surface area contributed by atoms with Gasteiger partial charge in [0.15, 0.2) is 0 Å². The molecular weight excluding hydrogens is 512 g/mol. The first-order valence-corrected chi connectivity index (χ1v) is 13.9. The van der Waals surface area contributed by atoms with Crippen LogP contribution >= 0.6 is 0 Å². The third kappa shape index (κ3) is 7.71. The molecule has 1 N–H and O–H groups in total. The largest absolute Gasteiger partial charge is 0.365 e. The molecule has 2 aromatic rings. The molecular formula is C25H36N6O6S. The van der Waals surface area contributed by atoms with Crippen LogP contribution in [0.25, 0.3) is 0 Å². The Bertz CT molecular complexity index is 1270. The quantitative estimate of drug-likeness (QED) is 0.194. The Morgan fingerprint density at radius 2 is 1.55 bits per heavy atom. The number of benzene rings is 2. The Balaban J connectivity index is 2.44.